The number of nitrogens with zero attached hydrogens (tertiary/aromatic N) is 1. The summed E-state index contributed by atoms with van der Waals surface area (Å²) in [5.74, 6) is -0.798. The number of rotatable bonds is 60. The molecule has 0 heterocycles. The van der Waals surface area contributed by atoms with E-state index in [-0.39, 0.29) is 32.0 Å². The number of carbonyl (C=O) groups is 2. The van der Waals surface area contributed by atoms with E-state index in [1.54, 1.807) is 0 Å². The number of unbranched alkanes of at least 4 members (excludes halogenated alkanes) is 40. The van der Waals surface area contributed by atoms with Crippen molar-refractivity contribution < 1.29 is 42.1 Å². The summed E-state index contributed by atoms with van der Waals surface area (Å²) in [5, 5.41) is 0. The summed E-state index contributed by atoms with van der Waals surface area (Å²) >= 11 is 0. The van der Waals surface area contributed by atoms with Crippen LogP contribution < -0.4 is 0 Å². The maximum atomic E-state index is 12.8. The summed E-state index contributed by atoms with van der Waals surface area (Å²) < 4.78 is 34.5. The molecule has 0 fully saturated rings. The second kappa shape index (κ2) is 56.9. The van der Waals surface area contributed by atoms with E-state index in [4.69, 9.17) is 18.5 Å². The van der Waals surface area contributed by atoms with Crippen molar-refractivity contribution in [2.75, 3.05) is 47.5 Å². The minimum Gasteiger partial charge on any atom is -0.462 e. The maximum absolute atomic E-state index is 12.8. The lowest BCUT2D eigenvalue weighted by Gasteiger charge is -2.24. The van der Waals surface area contributed by atoms with Crippen molar-refractivity contribution in [3.63, 3.8) is 0 Å². The van der Waals surface area contributed by atoms with Crippen LogP contribution in [-0.4, -0.2) is 74.9 Å². The Bertz CT molecular complexity index is 1360. The molecule has 9 nitrogen and oxygen atoms in total. The second-order valence-electron chi connectivity index (χ2n) is 23.1. The van der Waals surface area contributed by atoms with Crippen LogP contribution in [0.15, 0.2) is 36.5 Å². The van der Waals surface area contributed by atoms with Gasteiger partial charge in [0.1, 0.15) is 19.8 Å². The highest BCUT2D eigenvalue weighted by Crippen LogP contribution is 2.43. The molecular weight excluding hydrogens is 954 g/mol. The van der Waals surface area contributed by atoms with Crippen molar-refractivity contribution in [1.29, 1.82) is 0 Å². The molecule has 0 aliphatic rings. The zero-order valence-electron chi connectivity index (χ0n) is 50.3. The van der Waals surface area contributed by atoms with Crippen LogP contribution in [0.3, 0.4) is 0 Å². The highest BCUT2D eigenvalue weighted by atomic mass is 31.2. The van der Waals surface area contributed by atoms with Crippen LogP contribution in [0.25, 0.3) is 0 Å². The third-order valence-corrected chi connectivity index (χ3v) is 15.4. The van der Waals surface area contributed by atoms with Crippen molar-refractivity contribution in [3.8, 4) is 0 Å². The van der Waals surface area contributed by atoms with Gasteiger partial charge in [0, 0.05) is 12.8 Å². The number of hydrogen-bond acceptors (Lipinski definition) is 7. The Balaban J connectivity index is 3.77. The van der Waals surface area contributed by atoms with Crippen molar-refractivity contribution >= 4 is 19.8 Å². The molecule has 0 saturated carbocycles. The summed E-state index contributed by atoms with van der Waals surface area (Å²) in [4.78, 5) is 35.5. The number of esters is 2. The number of carbonyl (C=O) groups excluding carboxylic acids is 2. The van der Waals surface area contributed by atoms with Crippen LogP contribution in [0, 0.1) is 0 Å². The van der Waals surface area contributed by atoms with Crippen LogP contribution >= 0.6 is 7.82 Å². The Morgan fingerprint density at radius 2 is 0.747 bits per heavy atom. The smallest absolute Gasteiger partial charge is 0.462 e. The van der Waals surface area contributed by atoms with Gasteiger partial charge in [-0.2, -0.15) is 0 Å². The van der Waals surface area contributed by atoms with Crippen LogP contribution in [-0.2, 0) is 32.7 Å². The number of likely N-dealkylation sites (N-methyl/N-ethyl adjacent to an activating group) is 1. The Hall–Kier alpha value is -1.77. The fourth-order valence-corrected chi connectivity index (χ4v) is 10.1. The monoisotopic (exact) mass is 1080 g/mol. The van der Waals surface area contributed by atoms with Crippen LogP contribution in [0.2, 0.25) is 0 Å². The molecule has 442 valence electrons. The van der Waals surface area contributed by atoms with E-state index in [1.165, 1.54) is 218 Å². The van der Waals surface area contributed by atoms with Crippen molar-refractivity contribution in [1.82, 2.24) is 0 Å². The van der Waals surface area contributed by atoms with Gasteiger partial charge in [0.2, 0.25) is 0 Å². The lowest BCUT2D eigenvalue weighted by atomic mass is 10.0. The molecule has 10 heteroatoms. The Kier molecular flexibility index (Phi) is 55.6. The van der Waals surface area contributed by atoms with Gasteiger partial charge in [-0.15, -0.1) is 0 Å². The molecule has 0 saturated heterocycles. The maximum Gasteiger partial charge on any atom is 0.472 e. The highest BCUT2D eigenvalue weighted by Gasteiger charge is 2.27. The average molecular weight is 1080 g/mol. The van der Waals surface area contributed by atoms with E-state index in [0.717, 1.165) is 64.2 Å². The number of ether oxygens (including phenoxy) is 2. The van der Waals surface area contributed by atoms with Gasteiger partial charge in [0.15, 0.2) is 6.10 Å². The molecule has 0 bridgehead atoms. The van der Waals surface area contributed by atoms with Crippen molar-refractivity contribution in [2.45, 2.75) is 322 Å². The standard InChI is InChI=1S/C65H124NO8P/c1-6-8-10-12-14-16-18-19-20-21-22-23-24-25-26-27-28-29-30-31-32-33-34-35-36-37-38-39-40-41-42-43-44-45-46-47-48-50-52-54-56-58-65(68)74-63(62-73-75(69,70)72-60-59-66(3,4)5)61-71-64(67)57-55-53-51-49-17-15-13-11-9-7-2/h11,13,18-19,21-22,63H,6-10,12,14-17,20,23-62H2,1-5H3/p+1/b13-11-,19-18-,22-21-. The molecule has 0 aliphatic heterocycles. The highest BCUT2D eigenvalue weighted by molar-refractivity contribution is 7.47. The first kappa shape index (κ1) is 73.2. The van der Waals surface area contributed by atoms with E-state index in [2.05, 4.69) is 50.3 Å². The second-order valence-corrected chi connectivity index (χ2v) is 24.6. The third-order valence-electron chi connectivity index (χ3n) is 14.4. The van der Waals surface area contributed by atoms with Gasteiger partial charge in [0.05, 0.1) is 27.7 Å². The minimum atomic E-state index is -4.38. The first-order valence-electron chi connectivity index (χ1n) is 32.2. The van der Waals surface area contributed by atoms with Gasteiger partial charge >= 0.3 is 19.8 Å². The van der Waals surface area contributed by atoms with E-state index in [0.29, 0.717) is 17.4 Å². The first-order chi connectivity index (χ1) is 36.5. The van der Waals surface area contributed by atoms with E-state index in [9.17, 15) is 19.0 Å². The Morgan fingerprint density at radius 3 is 1.12 bits per heavy atom. The first-order valence-corrected chi connectivity index (χ1v) is 33.7. The van der Waals surface area contributed by atoms with Gasteiger partial charge in [-0.05, 0) is 64.2 Å². The SMILES string of the molecule is CCC/C=C\CCCCCCCC(=O)OCC(COP(=O)(O)OCC[N+](C)(C)C)OC(=O)CCCCCCCCCCCCCCCCCCCCCCCCCCCCCCC/C=C\C/C=C\CCCCCCC. The number of phosphoric acid groups is 1. The predicted molar refractivity (Wildman–Crippen MR) is 321 cm³/mol. The topological polar surface area (TPSA) is 108 Å². The minimum absolute atomic E-state index is 0.0327. The fraction of sp³-hybridized carbons (Fsp3) is 0.877. The van der Waals surface area contributed by atoms with Gasteiger partial charge in [0.25, 0.3) is 0 Å². The van der Waals surface area contributed by atoms with Crippen LogP contribution in [0.5, 0.6) is 0 Å². The van der Waals surface area contributed by atoms with Gasteiger partial charge in [-0.1, -0.05) is 275 Å². The summed E-state index contributed by atoms with van der Waals surface area (Å²) in [6.07, 6.45) is 71.4. The number of quaternary nitrogens is 1. The van der Waals surface area contributed by atoms with Crippen LogP contribution in [0.4, 0.5) is 0 Å². The molecule has 2 unspecified atom stereocenters. The van der Waals surface area contributed by atoms with Gasteiger partial charge in [-0.25, -0.2) is 4.57 Å². The largest absolute Gasteiger partial charge is 0.472 e. The van der Waals surface area contributed by atoms with Crippen LogP contribution in [0.1, 0.15) is 316 Å². The molecule has 0 aromatic carbocycles. The average Bonchev–Trinajstić information content (AvgIpc) is 3.37. The molecule has 0 aromatic rings. The molecule has 2 atom stereocenters. The van der Waals surface area contributed by atoms with Gasteiger partial charge in [-0.3, -0.25) is 18.6 Å². The molecule has 1 N–H and O–H groups in total. The molecule has 0 aromatic heterocycles. The van der Waals surface area contributed by atoms with Gasteiger partial charge < -0.3 is 18.9 Å². The summed E-state index contributed by atoms with van der Waals surface area (Å²) in [6, 6.07) is 0. The van der Waals surface area contributed by atoms with Crippen molar-refractivity contribution in [3.05, 3.63) is 36.5 Å². The normalized spacial score (nSPS) is 13.4. The Morgan fingerprint density at radius 1 is 0.413 bits per heavy atom. The number of phosphoric ester groups is 1. The summed E-state index contributed by atoms with van der Waals surface area (Å²) in [6.45, 7) is 4.38. The van der Waals surface area contributed by atoms with E-state index < -0.39 is 26.5 Å². The molecule has 0 amide bonds. The summed E-state index contributed by atoms with van der Waals surface area (Å²) in [7, 11) is 1.49. The predicted octanol–water partition coefficient (Wildman–Crippen LogP) is 20.3. The zero-order valence-corrected chi connectivity index (χ0v) is 51.2. The fourth-order valence-electron chi connectivity index (χ4n) is 9.40. The Labute approximate surface area is 465 Å². The summed E-state index contributed by atoms with van der Waals surface area (Å²) in [5.41, 5.74) is 0. The molecule has 0 rings (SSSR count). The van der Waals surface area contributed by atoms with E-state index >= 15 is 0 Å². The molecule has 0 radical (unpaired) electrons. The number of allylic oxidation sites excluding steroid dienone is 6. The van der Waals surface area contributed by atoms with E-state index in [1.807, 2.05) is 21.1 Å². The third kappa shape index (κ3) is 61.3. The lowest BCUT2D eigenvalue weighted by Crippen LogP contribution is -2.37. The molecular formula is C65H125NO8P+. The quantitative estimate of drug-likeness (QED) is 0.0211. The lowest BCUT2D eigenvalue weighted by molar-refractivity contribution is -0.870. The van der Waals surface area contributed by atoms with Crippen molar-refractivity contribution in [2.24, 2.45) is 0 Å². The number of hydrogen-bond donors (Lipinski definition) is 1. The molecule has 0 spiro atoms. The zero-order chi connectivity index (χ0) is 54.9. The molecule has 0 aliphatic carbocycles. The molecule has 75 heavy (non-hydrogen) atoms.